The molecular formula is C24H21ClF4N4O4S. The van der Waals surface area contributed by atoms with Gasteiger partial charge in [0.15, 0.2) is 4.90 Å². The molecule has 14 heteroatoms. The van der Waals surface area contributed by atoms with E-state index in [2.05, 4.69) is 10.3 Å². The molecule has 2 atom stereocenters. The van der Waals surface area contributed by atoms with Gasteiger partial charge in [-0.2, -0.15) is 21.9 Å². The molecule has 0 saturated carbocycles. The summed E-state index contributed by atoms with van der Waals surface area (Å²) >= 11 is 3.88. The van der Waals surface area contributed by atoms with Gasteiger partial charge >= 0.3 is 6.18 Å². The van der Waals surface area contributed by atoms with E-state index in [0.29, 0.717) is 6.07 Å². The molecule has 0 radical (unpaired) electrons. The number of aromatic nitrogens is 1. The highest BCUT2D eigenvalue weighted by Crippen LogP contribution is 2.40. The first-order chi connectivity index (χ1) is 17.7. The molecule has 0 fully saturated rings. The van der Waals surface area contributed by atoms with Gasteiger partial charge in [0.2, 0.25) is 5.95 Å². The Morgan fingerprint density at radius 3 is 2.47 bits per heavy atom. The number of pyridine rings is 1. The first-order valence-electron chi connectivity index (χ1n) is 10.8. The van der Waals surface area contributed by atoms with Gasteiger partial charge in [0.05, 0.1) is 34.9 Å². The van der Waals surface area contributed by atoms with Crippen molar-refractivity contribution in [3.8, 4) is 11.5 Å². The van der Waals surface area contributed by atoms with Crippen LogP contribution in [0.15, 0.2) is 53.4 Å². The summed E-state index contributed by atoms with van der Waals surface area (Å²) in [5.74, 6) is -2.92. The molecule has 0 aliphatic heterocycles. The zero-order chi connectivity index (χ0) is 28.4. The van der Waals surface area contributed by atoms with Crippen molar-refractivity contribution in [1.29, 1.82) is 0 Å². The van der Waals surface area contributed by atoms with E-state index in [4.69, 9.17) is 22.1 Å². The lowest BCUT2D eigenvalue weighted by Gasteiger charge is -2.21. The summed E-state index contributed by atoms with van der Waals surface area (Å²) in [6.07, 6.45) is -4.86. The molecule has 202 valence electrons. The van der Waals surface area contributed by atoms with Crippen LogP contribution in [0.4, 0.5) is 23.2 Å². The summed E-state index contributed by atoms with van der Waals surface area (Å²) in [6.45, 7) is 2.81. The SMILES string of the molecule is Cc1nc(F)ccc1Oc1cc(C(F)(F)F)c(Cl)cc1C(=O)Nc1cccc([S+]([O-])N(C)C(=O)[C@@H](C)N)c1. The second-order valence-electron chi connectivity index (χ2n) is 8.00. The van der Waals surface area contributed by atoms with Crippen LogP contribution >= 0.6 is 11.6 Å². The van der Waals surface area contributed by atoms with Crippen LogP contribution in [0.5, 0.6) is 11.5 Å². The van der Waals surface area contributed by atoms with Crippen LogP contribution in [-0.4, -0.2) is 38.7 Å². The van der Waals surface area contributed by atoms with Crippen LogP contribution in [0.25, 0.3) is 0 Å². The molecule has 2 aromatic carbocycles. The van der Waals surface area contributed by atoms with Crippen molar-refractivity contribution in [2.45, 2.75) is 31.0 Å². The topological polar surface area (TPSA) is 121 Å². The van der Waals surface area contributed by atoms with Crippen molar-refractivity contribution in [1.82, 2.24) is 9.29 Å². The Hall–Kier alpha value is -3.39. The van der Waals surface area contributed by atoms with Gasteiger partial charge in [-0.05, 0) is 50.2 Å². The van der Waals surface area contributed by atoms with E-state index in [0.717, 1.165) is 22.5 Å². The molecular weight excluding hydrogens is 552 g/mol. The Morgan fingerprint density at radius 1 is 1.18 bits per heavy atom. The maximum atomic E-state index is 13.5. The van der Waals surface area contributed by atoms with E-state index < -0.39 is 57.7 Å². The van der Waals surface area contributed by atoms with Gasteiger partial charge in [-0.1, -0.05) is 17.7 Å². The smallest absolute Gasteiger partial charge is 0.417 e. The minimum Gasteiger partial charge on any atom is -0.588 e. The van der Waals surface area contributed by atoms with Crippen molar-refractivity contribution in [2.75, 3.05) is 12.4 Å². The predicted molar refractivity (Wildman–Crippen MR) is 133 cm³/mol. The van der Waals surface area contributed by atoms with Gasteiger partial charge in [-0.25, -0.2) is 4.98 Å². The van der Waals surface area contributed by atoms with E-state index >= 15 is 0 Å². The first kappa shape index (κ1) is 29.2. The van der Waals surface area contributed by atoms with Crippen molar-refractivity contribution in [3.63, 3.8) is 0 Å². The van der Waals surface area contributed by atoms with Crippen LogP contribution in [0.3, 0.4) is 0 Å². The summed E-state index contributed by atoms with van der Waals surface area (Å²) in [7, 11) is 1.30. The van der Waals surface area contributed by atoms with Gasteiger partial charge in [-0.3, -0.25) is 9.59 Å². The lowest BCUT2D eigenvalue weighted by Crippen LogP contribution is -2.42. The molecule has 0 bridgehead atoms. The maximum absolute atomic E-state index is 13.5. The van der Waals surface area contributed by atoms with Gasteiger partial charge < -0.3 is 20.3 Å². The molecule has 1 unspecified atom stereocenters. The number of ether oxygens (including phenoxy) is 1. The lowest BCUT2D eigenvalue weighted by atomic mass is 10.1. The monoisotopic (exact) mass is 572 g/mol. The van der Waals surface area contributed by atoms with E-state index in [9.17, 15) is 31.7 Å². The maximum Gasteiger partial charge on any atom is 0.417 e. The van der Waals surface area contributed by atoms with E-state index in [1.165, 1.54) is 45.2 Å². The summed E-state index contributed by atoms with van der Waals surface area (Å²) in [6, 6.07) is 8.21. The Morgan fingerprint density at radius 2 is 1.87 bits per heavy atom. The Balaban J connectivity index is 1.97. The number of hydrogen-bond acceptors (Lipinski definition) is 6. The molecule has 0 spiro atoms. The number of carbonyl (C=O) groups is 2. The molecule has 3 rings (SSSR count). The number of anilines is 1. The van der Waals surface area contributed by atoms with E-state index in [-0.39, 0.29) is 27.6 Å². The number of carbonyl (C=O) groups excluding carboxylic acids is 2. The highest BCUT2D eigenvalue weighted by atomic mass is 35.5. The molecule has 0 saturated heterocycles. The van der Waals surface area contributed by atoms with Crippen LogP contribution < -0.4 is 15.8 Å². The van der Waals surface area contributed by atoms with Crippen LogP contribution in [0.1, 0.15) is 28.5 Å². The van der Waals surface area contributed by atoms with Crippen LogP contribution in [0, 0.1) is 12.9 Å². The number of benzene rings is 2. The van der Waals surface area contributed by atoms with Gasteiger partial charge in [0.25, 0.3) is 11.8 Å². The molecule has 3 aromatic rings. The third-order valence-electron chi connectivity index (χ3n) is 5.08. The molecule has 3 N–H and O–H groups in total. The fraction of sp³-hybridized carbons (Fsp3) is 0.208. The quantitative estimate of drug-likeness (QED) is 0.232. The highest BCUT2D eigenvalue weighted by molar-refractivity contribution is 7.89. The lowest BCUT2D eigenvalue weighted by molar-refractivity contribution is -0.137. The van der Waals surface area contributed by atoms with E-state index in [1.54, 1.807) is 0 Å². The summed E-state index contributed by atoms with van der Waals surface area (Å²) in [5, 5.41) is 1.73. The zero-order valence-electron chi connectivity index (χ0n) is 20.1. The predicted octanol–water partition coefficient (Wildman–Crippen LogP) is 5.07. The molecule has 8 nitrogen and oxygen atoms in total. The van der Waals surface area contributed by atoms with Gasteiger partial charge in [0.1, 0.15) is 22.9 Å². The fourth-order valence-electron chi connectivity index (χ4n) is 3.18. The minimum absolute atomic E-state index is 0.0283. The number of amides is 2. The molecule has 1 aromatic heterocycles. The number of hydrogen-bond donors (Lipinski definition) is 2. The first-order valence-corrected chi connectivity index (χ1v) is 12.3. The van der Waals surface area contributed by atoms with E-state index in [1.807, 2.05) is 0 Å². The highest BCUT2D eigenvalue weighted by Gasteiger charge is 2.35. The number of alkyl halides is 3. The average molecular weight is 573 g/mol. The van der Waals surface area contributed by atoms with Crippen molar-refractivity contribution in [2.24, 2.45) is 5.73 Å². The molecule has 38 heavy (non-hydrogen) atoms. The summed E-state index contributed by atoms with van der Waals surface area (Å²) in [4.78, 5) is 28.9. The van der Waals surface area contributed by atoms with Crippen LogP contribution in [-0.2, 0) is 22.3 Å². The third kappa shape index (κ3) is 6.72. The second-order valence-corrected chi connectivity index (χ2v) is 9.93. The number of rotatable bonds is 7. The average Bonchev–Trinajstić information content (AvgIpc) is 2.84. The normalized spacial score (nSPS) is 13.0. The number of halogens is 5. The number of nitrogens with one attached hydrogen (secondary N) is 1. The Bertz CT molecular complexity index is 1370. The van der Waals surface area contributed by atoms with Crippen molar-refractivity contribution < 1.29 is 36.4 Å². The second kappa shape index (κ2) is 11.6. The van der Waals surface area contributed by atoms with Crippen molar-refractivity contribution >= 4 is 40.5 Å². The van der Waals surface area contributed by atoms with Gasteiger partial charge in [0, 0.05) is 11.8 Å². The molecule has 0 aliphatic rings. The number of aryl methyl sites for hydroxylation is 1. The molecule has 1 heterocycles. The number of nitrogens with two attached hydrogens (primary N) is 1. The number of likely N-dealkylation sites (N-methyl/N-ethyl adjacent to an activating group) is 1. The molecule has 0 aliphatic carbocycles. The van der Waals surface area contributed by atoms with Gasteiger partial charge in [-0.15, -0.1) is 0 Å². The summed E-state index contributed by atoms with van der Waals surface area (Å²) in [5.41, 5.74) is 4.07. The third-order valence-corrected chi connectivity index (χ3v) is 6.73. The molecule has 2 amide bonds. The fourth-order valence-corrected chi connectivity index (χ4v) is 4.52. The largest absolute Gasteiger partial charge is 0.588 e. The number of nitrogens with zero attached hydrogens (tertiary/aromatic N) is 2. The van der Waals surface area contributed by atoms with Crippen LogP contribution in [0.2, 0.25) is 5.02 Å². The Labute approximate surface area is 223 Å². The Kier molecular flexibility index (Phi) is 8.87. The zero-order valence-corrected chi connectivity index (χ0v) is 21.7. The van der Waals surface area contributed by atoms with Crippen molar-refractivity contribution in [3.05, 3.63) is 76.3 Å². The minimum atomic E-state index is -4.86. The standard InChI is InChI=1S/C24H21ClF4N4O4S/c1-12(30)23(35)33(3)38(36)15-6-4-5-14(9-15)32-22(34)16-10-18(25)17(24(27,28)29)11-20(16)37-19-7-8-21(26)31-13(19)2/h4-12H,30H2,1-3H3,(H,32,34)/t12-,38?/m1/s1. The summed E-state index contributed by atoms with van der Waals surface area (Å²) < 4.78 is 73.1.